The van der Waals surface area contributed by atoms with E-state index in [2.05, 4.69) is 5.10 Å². The number of rotatable bonds is 5. The molecular weight excluding hydrogens is 212 g/mol. The van der Waals surface area contributed by atoms with Crippen molar-refractivity contribution >= 4 is 5.97 Å². The molecule has 0 saturated heterocycles. The summed E-state index contributed by atoms with van der Waals surface area (Å²) in [7, 11) is 1.49. The molecule has 88 valence electrons. The van der Waals surface area contributed by atoms with Gasteiger partial charge in [0.05, 0.1) is 6.61 Å². The van der Waals surface area contributed by atoms with Crippen LogP contribution in [0.5, 0.6) is 0 Å². The summed E-state index contributed by atoms with van der Waals surface area (Å²) in [5.41, 5.74) is 0.324. The lowest BCUT2D eigenvalue weighted by molar-refractivity contribution is -0.140. The first-order chi connectivity index (χ1) is 7.65. The van der Waals surface area contributed by atoms with E-state index < -0.39 is 0 Å². The number of carbonyl (C=O) groups excluding carboxylic acids is 1. The van der Waals surface area contributed by atoms with Crippen molar-refractivity contribution in [2.45, 2.75) is 20.1 Å². The Kier molecular flexibility index (Phi) is 4.65. The average Bonchev–Trinajstić information content (AvgIpc) is 2.23. The second-order valence-electron chi connectivity index (χ2n) is 3.17. The highest BCUT2D eigenvalue weighted by Crippen LogP contribution is 1.93. The molecule has 0 radical (unpaired) electrons. The number of esters is 1. The first kappa shape index (κ1) is 12.4. The van der Waals surface area contributed by atoms with Crippen LogP contribution in [-0.4, -0.2) is 29.5 Å². The van der Waals surface area contributed by atoms with Gasteiger partial charge in [0.2, 0.25) is 0 Å². The molecule has 0 saturated carbocycles. The van der Waals surface area contributed by atoms with E-state index in [1.54, 1.807) is 6.07 Å². The fraction of sp³-hybridized carbons (Fsp3) is 0.500. The highest BCUT2D eigenvalue weighted by atomic mass is 16.5. The van der Waals surface area contributed by atoms with Crippen LogP contribution in [0.15, 0.2) is 17.1 Å². The summed E-state index contributed by atoms with van der Waals surface area (Å²) in [5.74, 6) is -0.355. The predicted molar refractivity (Wildman–Crippen MR) is 55.8 cm³/mol. The van der Waals surface area contributed by atoms with Crippen molar-refractivity contribution in [3.05, 3.63) is 28.2 Å². The number of hydrogen-bond donors (Lipinski definition) is 0. The van der Waals surface area contributed by atoms with Crippen molar-refractivity contribution in [3.63, 3.8) is 0 Å². The number of aromatic nitrogens is 2. The quantitative estimate of drug-likeness (QED) is 0.658. The van der Waals surface area contributed by atoms with Crippen LogP contribution in [0.4, 0.5) is 0 Å². The Morgan fingerprint density at radius 3 is 2.94 bits per heavy atom. The summed E-state index contributed by atoms with van der Waals surface area (Å²) in [6.45, 7) is 1.64. The van der Waals surface area contributed by atoms with E-state index in [0.29, 0.717) is 12.0 Å². The Bertz CT molecular complexity index is 414. The minimum atomic E-state index is -0.355. The molecule has 0 fully saturated rings. The molecule has 0 aliphatic heterocycles. The molecule has 1 aromatic rings. The average molecular weight is 226 g/mol. The Labute approximate surface area is 92.8 Å². The van der Waals surface area contributed by atoms with Crippen molar-refractivity contribution in [1.29, 1.82) is 0 Å². The van der Waals surface area contributed by atoms with E-state index in [1.807, 2.05) is 0 Å². The van der Waals surface area contributed by atoms with Gasteiger partial charge in [-0.3, -0.25) is 9.59 Å². The van der Waals surface area contributed by atoms with Crippen LogP contribution in [-0.2, 0) is 27.4 Å². The van der Waals surface area contributed by atoms with Crippen molar-refractivity contribution in [1.82, 2.24) is 9.78 Å². The van der Waals surface area contributed by atoms with Crippen molar-refractivity contribution in [3.8, 4) is 0 Å². The molecule has 0 N–H and O–H groups in total. The van der Waals surface area contributed by atoms with Crippen LogP contribution in [0.1, 0.15) is 12.5 Å². The topological polar surface area (TPSA) is 70.4 Å². The summed E-state index contributed by atoms with van der Waals surface area (Å²) < 4.78 is 10.8. The standard InChI is InChI=1S/C10H14N2O4/c1-8(13)16-6-4-9-3-5-11-12(7-15-2)10(9)14/h3,5H,4,6-7H2,1-2H3. The normalized spacial score (nSPS) is 10.1. The molecule has 0 amide bonds. The van der Waals surface area contributed by atoms with E-state index in [4.69, 9.17) is 9.47 Å². The van der Waals surface area contributed by atoms with Gasteiger partial charge in [0.25, 0.3) is 5.56 Å². The maximum absolute atomic E-state index is 11.7. The highest BCUT2D eigenvalue weighted by molar-refractivity contribution is 5.65. The van der Waals surface area contributed by atoms with Crippen LogP contribution < -0.4 is 5.56 Å². The molecule has 1 aromatic heterocycles. The lowest BCUT2D eigenvalue weighted by atomic mass is 10.2. The van der Waals surface area contributed by atoms with Gasteiger partial charge in [-0.05, 0) is 6.07 Å². The number of methoxy groups -OCH3 is 1. The SMILES string of the molecule is COCn1nccc(CCOC(C)=O)c1=O. The van der Waals surface area contributed by atoms with Gasteiger partial charge in [0, 0.05) is 32.2 Å². The van der Waals surface area contributed by atoms with Gasteiger partial charge in [0.1, 0.15) is 6.73 Å². The molecule has 0 unspecified atom stereocenters. The third-order valence-electron chi connectivity index (χ3n) is 1.92. The van der Waals surface area contributed by atoms with Gasteiger partial charge in [-0.2, -0.15) is 5.10 Å². The molecule has 0 aromatic carbocycles. The fourth-order valence-electron chi connectivity index (χ4n) is 1.20. The lowest BCUT2D eigenvalue weighted by Gasteiger charge is -2.05. The molecule has 16 heavy (non-hydrogen) atoms. The molecule has 6 nitrogen and oxygen atoms in total. The van der Waals surface area contributed by atoms with Crippen LogP contribution in [0.3, 0.4) is 0 Å². The minimum absolute atomic E-state index is 0.111. The summed E-state index contributed by atoms with van der Waals surface area (Å²) >= 11 is 0. The Hall–Kier alpha value is -1.69. The first-order valence-electron chi connectivity index (χ1n) is 4.82. The van der Waals surface area contributed by atoms with Gasteiger partial charge < -0.3 is 9.47 Å². The highest BCUT2D eigenvalue weighted by Gasteiger charge is 2.04. The first-order valence-corrected chi connectivity index (χ1v) is 4.82. The van der Waals surface area contributed by atoms with Gasteiger partial charge in [0.15, 0.2) is 0 Å². The van der Waals surface area contributed by atoms with E-state index in [9.17, 15) is 9.59 Å². The Morgan fingerprint density at radius 1 is 1.56 bits per heavy atom. The minimum Gasteiger partial charge on any atom is -0.466 e. The van der Waals surface area contributed by atoms with Crippen LogP contribution in [0.25, 0.3) is 0 Å². The molecular formula is C10H14N2O4. The predicted octanol–water partition coefficient (Wildman–Crippen LogP) is -0.0472. The van der Waals surface area contributed by atoms with Crippen molar-refractivity contribution in [2.24, 2.45) is 0 Å². The van der Waals surface area contributed by atoms with Gasteiger partial charge >= 0.3 is 5.97 Å². The monoisotopic (exact) mass is 226 g/mol. The van der Waals surface area contributed by atoms with Crippen molar-refractivity contribution < 1.29 is 14.3 Å². The molecule has 6 heteroatoms. The molecule has 0 bridgehead atoms. The largest absolute Gasteiger partial charge is 0.466 e. The van der Waals surface area contributed by atoms with Crippen LogP contribution in [0, 0.1) is 0 Å². The molecule has 0 spiro atoms. The Morgan fingerprint density at radius 2 is 2.31 bits per heavy atom. The summed E-state index contributed by atoms with van der Waals surface area (Å²) in [4.78, 5) is 22.3. The zero-order valence-electron chi connectivity index (χ0n) is 9.30. The molecule has 1 heterocycles. The maximum Gasteiger partial charge on any atom is 0.302 e. The summed E-state index contributed by atoms with van der Waals surface area (Å²) in [6, 6.07) is 1.61. The molecule has 1 rings (SSSR count). The van der Waals surface area contributed by atoms with Gasteiger partial charge in [-0.25, -0.2) is 4.68 Å². The van der Waals surface area contributed by atoms with Gasteiger partial charge in [-0.15, -0.1) is 0 Å². The molecule has 0 atom stereocenters. The zero-order chi connectivity index (χ0) is 12.0. The van der Waals surface area contributed by atoms with Crippen LogP contribution >= 0.6 is 0 Å². The lowest BCUT2D eigenvalue weighted by Crippen LogP contribution is -2.27. The van der Waals surface area contributed by atoms with Crippen LogP contribution in [0.2, 0.25) is 0 Å². The van der Waals surface area contributed by atoms with E-state index in [-0.39, 0.29) is 24.9 Å². The van der Waals surface area contributed by atoms with Gasteiger partial charge in [-0.1, -0.05) is 0 Å². The number of nitrogens with zero attached hydrogens (tertiary/aromatic N) is 2. The molecule has 0 aliphatic carbocycles. The second kappa shape index (κ2) is 6.02. The van der Waals surface area contributed by atoms with E-state index >= 15 is 0 Å². The number of hydrogen-bond acceptors (Lipinski definition) is 5. The van der Waals surface area contributed by atoms with E-state index in [0.717, 1.165) is 0 Å². The van der Waals surface area contributed by atoms with Crippen molar-refractivity contribution in [2.75, 3.05) is 13.7 Å². The zero-order valence-corrected chi connectivity index (χ0v) is 9.30. The third kappa shape index (κ3) is 3.47. The smallest absolute Gasteiger partial charge is 0.302 e. The second-order valence-corrected chi connectivity index (χ2v) is 3.17. The fourth-order valence-corrected chi connectivity index (χ4v) is 1.20. The summed E-state index contributed by atoms with van der Waals surface area (Å²) in [5, 5.41) is 3.84. The number of ether oxygens (including phenoxy) is 2. The third-order valence-corrected chi connectivity index (χ3v) is 1.92. The number of carbonyl (C=O) groups is 1. The molecule has 0 aliphatic rings. The van der Waals surface area contributed by atoms with E-state index in [1.165, 1.54) is 24.9 Å². The Balaban J connectivity index is 2.69. The summed E-state index contributed by atoms with van der Waals surface area (Å²) in [6.07, 6.45) is 1.90. The maximum atomic E-state index is 11.7.